The lowest BCUT2D eigenvalue weighted by atomic mass is 10.2. The van der Waals surface area contributed by atoms with E-state index in [4.69, 9.17) is 4.74 Å². The number of ether oxygens (including phenoxy) is 1. The molecule has 0 saturated heterocycles. The van der Waals surface area contributed by atoms with Crippen molar-refractivity contribution >= 4 is 5.91 Å². The molecule has 0 aliphatic carbocycles. The summed E-state index contributed by atoms with van der Waals surface area (Å²) in [5.74, 6) is 1.27. The van der Waals surface area contributed by atoms with Gasteiger partial charge in [-0.15, -0.1) is 0 Å². The van der Waals surface area contributed by atoms with Crippen molar-refractivity contribution in [2.45, 2.75) is 13.3 Å². The number of carbonyl (C=O) groups is 1. The first-order chi connectivity index (χ1) is 8.72. The summed E-state index contributed by atoms with van der Waals surface area (Å²) in [7, 11) is 1.91. The van der Waals surface area contributed by atoms with Crippen molar-refractivity contribution in [2.24, 2.45) is 5.92 Å². The zero-order chi connectivity index (χ0) is 13.2. The molecule has 0 saturated carbocycles. The Hall–Kier alpha value is -1.55. The van der Waals surface area contributed by atoms with E-state index in [-0.39, 0.29) is 5.91 Å². The Morgan fingerprint density at radius 2 is 2.00 bits per heavy atom. The van der Waals surface area contributed by atoms with E-state index >= 15 is 0 Å². The van der Waals surface area contributed by atoms with Crippen LogP contribution in [0, 0.1) is 5.92 Å². The number of rotatable bonds is 8. The molecule has 18 heavy (non-hydrogen) atoms. The maximum Gasteiger partial charge on any atom is 0.223 e. The van der Waals surface area contributed by atoms with Crippen molar-refractivity contribution in [3.05, 3.63) is 30.3 Å². The third kappa shape index (κ3) is 6.25. The summed E-state index contributed by atoms with van der Waals surface area (Å²) < 4.78 is 5.46. The molecule has 2 N–H and O–H groups in total. The second-order valence-electron chi connectivity index (χ2n) is 4.38. The summed E-state index contributed by atoms with van der Waals surface area (Å²) >= 11 is 0. The van der Waals surface area contributed by atoms with Gasteiger partial charge < -0.3 is 15.4 Å². The molecule has 0 aliphatic rings. The van der Waals surface area contributed by atoms with Gasteiger partial charge in [-0.25, -0.2) is 0 Å². The van der Waals surface area contributed by atoms with E-state index < -0.39 is 0 Å². The fourth-order valence-electron chi connectivity index (χ4n) is 1.58. The molecular weight excluding hydrogens is 228 g/mol. The summed E-state index contributed by atoms with van der Waals surface area (Å²) in [6, 6.07) is 9.52. The molecule has 4 nitrogen and oxygen atoms in total. The lowest BCUT2D eigenvalue weighted by molar-refractivity contribution is -0.121. The number of amides is 1. The van der Waals surface area contributed by atoms with Crippen LogP contribution in [0.3, 0.4) is 0 Å². The number of para-hydroxylation sites is 1. The Morgan fingerprint density at radius 3 is 2.67 bits per heavy atom. The first-order valence-electron chi connectivity index (χ1n) is 6.31. The highest BCUT2D eigenvalue weighted by Gasteiger charge is 2.05. The minimum absolute atomic E-state index is 0.0360. The molecule has 0 aliphatic heterocycles. The molecule has 100 valence electrons. The smallest absolute Gasteiger partial charge is 0.223 e. The first kappa shape index (κ1) is 14.5. The minimum atomic E-state index is 0.0360. The van der Waals surface area contributed by atoms with Crippen molar-refractivity contribution in [2.75, 3.05) is 26.7 Å². The Balaban J connectivity index is 2.10. The monoisotopic (exact) mass is 250 g/mol. The SMILES string of the molecule is CNCC(C)CNC(=O)CCOc1ccccc1. The van der Waals surface area contributed by atoms with Crippen LogP contribution in [-0.2, 0) is 4.79 Å². The lowest BCUT2D eigenvalue weighted by Crippen LogP contribution is -2.32. The van der Waals surface area contributed by atoms with Crippen molar-refractivity contribution < 1.29 is 9.53 Å². The van der Waals surface area contributed by atoms with Crippen LogP contribution >= 0.6 is 0 Å². The average Bonchev–Trinajstić information content (AvgIpc) is 2.38. The fourth-order valence-corrected chi connectivity index (χ4v) is 1.58. The van der Waals surface area contributed by atoms with Crippen LogP contribution < -0.4 is 15.4 Å². The van der Waals surface area contributed by atoms with Crippen LogP contribution in [0.4, 0.5) is 0 Å². The van der Waals surface area contributed by atoms with Crippen LogP contribution in [-0.4, -0.2) is 32.7 Å². The summed E-state index contributed by atoms with van der Waals surface area (Å²) in [5.41, 5.74) is 0. The van der Waals surface area contributed by atoms with Crippen LogP contribution in [0.25, 0.3) is 0 Å². The second-order valence-corrected chi connectivity index (χ2v) is 4.38. The zero-order valence-electron chi connectivity index (χ0n) is 11.1. The van der Waals surface area contributed by atoms with E-state index in [9.17, 15) is 4.79 Å². The molecule has 1 aromatic carbocycles. The molecule has 1 aromatic rings. The standard InChI is InChI=1S/C14H22N2O2/c1-12(10-15-2)11-16-14(17)8-9-18-13-6-4-3-5-7-13/h3-7,12,15H,8-11H2,1-2H3,(H,16,17). The number of benzene rings is 1. The summed E-state index contributed by atoms with van der Waals surface area (Å²) in [4.78, 5) is 11.5. The predicted molar refractivity (Wildman–Crippen MR) is 72.7 cm³/mol. The predicted octanol–water partition coefficient (Wildman–Crippen LogP) is 1.43. The van der Waals surface area contributed by atoms with Gasteiger partial charge >= 0.3 is 0 Å². The maximum absolute atomic E-state index is 11.5. The average molecular weight is 250 g/mol. The van der Waals surface area contributed by atoms with Gasteiger partial charge in [-0.2, -0.15) is 0 Å². The molecule has 0 fully saturated rings. The molecule has 1 atom stereocenters. The van der Waals surface area contributed by atoms with E-state index in [0.29, 0.717) is 25.5 Å². The largest absolute Gasteiger partial charge is 0.493 e. The van der Waals surface area contributed by atoms with Crippen molar-refractivity contribution in [3.8, 4) is 5.75 Å². The van der Waals surface area contributed by atoms with Crippen molar-refractivity contribution in [1.82, 2.24) is 10.6 Å². The maximum atomic E-state index is 11.5. The van der Waals surface area contributed by atoms with E-state index in [1.165, 1.54) is 0 Å². The molecule has 0 radical (unpaired) electrons. The van der Waals surface area contributed by atoms with Gasteiger partial charge in [0.15, 0.2) is 0 Å². The molecule has 1 rings (SSSR count). The van der Waals surface area contributed by atoms with Crippen molar-refractivity contribution in [3.63, 3.8) is 0 Å². The summed E-state index contributed by atoms with van der Waals surface area (Å²) in [6.45, 7) is 4.11. The van der Waals surface area contributed by atoms with Crippen LogP contribution in [0.5, 0.6) is 5.75 Å². The number of hydrogen-bond donors (Lipinski definition) is 2. The first-order valence-corrected chi connectivity index (χ1v) is 6.31. The third-order valence-corrected chi connectivity index (χ3v) is 2.54. The third-order valence-electron chi connectivity index (χ3n) is 2.54. The topological polar surface area (TPSA) is 50.4 Å². The van der Waals surface area contributed by atoms with Gasteiger partial charge in [0, 0.05) is 6.54 Å². The van der Waals surface area contributed by atoms with Gasteiger partial charge in [0.05, 0.1) is 13.0 Å². The number of carbonyl (C=O) groups excluding carboxylic acids is 1. The molecular formula is C14H22N2O2. The Labute approximate surface area is 109 Å². The van der Waals surface area contributed by atoms with Crippen molar-refractivity contribution in [1.29, 1.82) is 0 Å². The van der Waals surface area contributed by atoms with E-state index in [1.807, 2.05) is 37.4 Å². The van der Waals surface area contributed by atoms with Crippen LogP contribution in [0.15, 0.2) is 30.3 Å². The van der Waals surface area contributed by atoms with Gasteiger partial charge in [0.2, 0.25) is 5.91 Å². The highest BCUT2D eigenvalue weighted by molar-refractivity contribution is 5.75. The van der Waals surface area contributed by atoms with Crippen LogP contribution in [0.2, 0.25) is 0 Å². The molecule has 0 spiro atoms. The van der Waals surface area contributed by atoms with Gasteiger partial charge in [-0.3, -0.25) is 4.79 Å². The van der Waals surface area contributed by atoms with Gasteiger partial charge in [-0.1, -0.05) is 25.1 Å². The highest BCUT2D eigenvalue weighted by atomic mass is 16.5. The quantitative estimate of drug-likeness (QED) is 0.734. The van der Waals surface area contributed by atoms with Gasteiger partial charge in [0.1, 0.15) is 5.75 Å². The zero-order valence-corrected chi connectivity index (χ0v) is 11.1. The molecule has 0 aromatic heterocycles. The Kier molecular flexibility index (Phi) is 6.87. The molecule has 1 amide bonds. The lowest BCUT2D eigenvalue weighted by Gasteiger charge is -2.12. The Bertz CT molecular complexity index is 341. The minimum Gasteiger partial charge on any atom is -0.493 e. The Morgan fingerprint density at radius 1 is 1.28 bits per heavy atom. The van der Waals surface area contributed by atoms with Gasteiger partial charge in [0.25, 0.3) is 0 Å². The second kappa shape index (κ2) is 8.53. The van der Waals surface area contributed by atoms with E-state index in [0.717, 1.165) is 12.3 Å². The molecule has 1 unspecified atom stereocenters. The van der Waals surface area contributed by atoms with E-state index in [1.54, 1.807) is 0 Å². The molecule has 0 bridgehead atoms. The number of hydrogen-bond acceptors (Lipinski definition) is 3. The summed E-state index contributed by atoms with van der Waals surface area (Å²) in [6.07, 6.45) is 0.390. The van der Waals surface area contributed by atoms with Gasteiger partial charge in [-0.05, 0) is 31.6 Å². The highest BCUT2D eigenvalue weighted by Crippen LogP contribution is 2.08. The fraction of sp³-hybridized carbons (Fsp3) is 0.500. The normalized spacial score (nSPS) is 11.9. The number of nitrogens with one attached hydrogen (secondary N) is 2. The van der Waals surface area contributed by atoms with Crippen LogP contribution in [0.1, 0.15) is 13.3 Å². The summed E-state index contributed by atoms with van der Waals surface area (Å²) in [5, 5.41) is 5.97. The molecule has 4 heteroatoms. The van der Waals surface area contributed by atoms with E-state index in [2.05, 4.69) is 17.6 Å². The molecule has 0 heterocycles.